The summed E-state index contributed by atoms with van der Waals surface area (Å²) in [6.45, 7) is 2.50. The van der Waals surface area contributed by atoms with Gasteiger partial charge in [0, 0.05) is 0 Å². The molecule has 0 radical (unpaired) electrons. The summed E-state index contributed by atoms with van der Waals surface area (Å²) in [6.07, 6.45) is 0. The van der Waals surface area contributed by atoms with Crippen LogP contribution in [0.25, 0.3) is 0 Å². The maximum absolute atomic E-state index is 12.9. The number of rotatable bonds is 3. The van der Waals surface area contributed by atoms with Crippen LogP contribution in [0.2, 0.25) is 0 Å². The average Bonchev–Trinajstić information content (AvgIpc) is 2.13. The summed E-state index contributed by atoms with van der Waals surface area (Å²) in [7, 11) is 0. The summed E-state index contributed by atoms with van der Waals surface area (Å²) in [5.74, 6) is -3.57. The predicted molar refractivity (Wildman–Crippen MR) is 47.4 cm³/mol. The van der Waals surface area contributed by atoms with Crippen molar-refractivity contribution in [3.63, 3.8) is 0 Å². The van der Waals surface area contributed by atoms with Gasteiger partial charge in [-0.25, -0.2) is 0 Å². The Morgan fingerprint density at radius 1 is 1.40 bits per heavy atom. The molecule has 82 valence electrons. The molecule has 1 rings (SSSR count). The van der Waals surface area contributed by atoms with Crippen molar-refractivity contribution >= 4 is 11.9 Å². The van der Waals surface area contributed by atoms with Gasteiger partial charge in [-0.3, -0.25) is 4.79 Å². The van der Waals surface area contributed by atoms with E-state index in [-0.39, 0.29) is 11.5 Å². The van der Waals surface area contributed by atoms with E-state index in [0.717, 1.165) is 0 Å². The van der Waals surface area contributed by atoms with Crippen LogP contribution < -0.4 is 5.32 Å². The summed E-state index contributed by atoms with van der Waals surface area (Å²) in [6, 6.07) is -1.02. The van der Waals surface area contributed by atoms with Crippen LogP contribution in [0, 0.1) is 18.8 Å². The maximum atomic E-state index is 12.9. The third-order valence-electron chi connectivity index (χ3n) is 1.74. The summed E-state index contributed by atoms with van der Waals surface area (Å²) >= 11 is 0. The maximum Gasteiger partial charge on any atom is 0.325 e. The number of aromatic nitrogens is 2. The fraction of sp³-hybridized carbons (Fsp3) is 0.375. The molecule has 0 bridgehead atoms. The molecule has 1 aromatic rings. The third kappa shape index (κ3) is 2.58. The zero-order chi connectivity index (χ0) is 11.6. The van der Waals surface area contributed by atoms with Crippen LogP contribution in [0.3, 0.4) is 0 Å². The van der Waals surface area contributed by atoms with Gasteiger partial charge in [0.25, 0.3) is 0 Å². The minimum atomic E-state index is -1.17. The first-order valence-electron chi connectivity index (χ1n) is 4.10. The van der Waals surface area contributed by atoms with Crippen LogP contribution in [0.1, 0.15) is 12.5 Å². The molecule has 0 aromatic carbocycles. The number of halogens is 2. The molecule has 15 heavy (non-hydrogen) atoms. The molecule has 0 fully saturated rings. The highest BCUT2D eigenvalue weighted by molar-refractivity contribution is 5.75. The first kappa shape index (κ1) is 11.3. The Morgan fingerprint density at radius 2 is 1.87 bits per heavy atom. The molecule has 0 aliphatic heterocycles. The number of hydrogen-bond acceptors (Lipinski definition) is 4. The minimum absolute atomic E-state index is 0.302. The van der Waals surface area contributed by atoms with Gasteiger partial charge in [0.1, 0.15) is 6.04 Å². The van der Waals surface area contributed by atoms with Crippen LogP contribution >= 0.6 is 0 Å². The zero-order valence-corrected chi connectivity index (χ0v) is 8.08. The van der Waals surface area contributed by atoms with Gasteiger partial charge in [0.15, 0.2) is 0 Å². The van der Waals surface area contributed by atoms with Gasteiger partial charge < -0.3 is 10.4 Å². The summed E-state index contributed by atoms with van der Waals surface area (Å²) in [5.41, 5.74) is -0.302. The normalized spacial score (nSPS) is 12.3. The minimum Gasteiger partial charge on any atom is -0.480 e. The van der Waals surface area contributed by atoms with E-state index in [9.17, 15) is 13.6 Å². The lowest BCUT2D eigenvalue weighted by molar-refractivity contribution is -0.137. The van der Waals surface area contributed by atoms with Gasteiger partial charge in [-0.1, -0.05) is 0 Å². The summed E-state index contributed by atoms with van der Waals surface area (Å²) in [4.78, 5) is 17.0. The zero-order valence-electron chi connectivity index (χ0n) is 8.08. The smallest absolute Gasteiger partial charge is 0.325 e. The van der Waals surface area contributed by atoms with Crippen molar-refractivity contribution in [2.24, 2.45) is 0 Å². The number of anilines is 1. The Labute approximate surface area is 84.2 Å². The van der Waals surface area contributed by atoms with Gasteiger partial charge in [-0.2, -0.15) is 18.7 Å². The van der Waals surface area contributed by atoms with Crippen molar-refractivity contribution in [3.05, 3.63) is 17.5 Å². The van der Waals surface area contributed by atoms with Crippen molar-refractivity contribution < 1.29 is 18.7 Å². The Hall–Kier alpha value is -1.79. The van der Waals surface area contributed by atoms with Gasteiger partial charge in [0.05, 0.1) is 5.56 Å². The lowest BCUT2D eigenvalue weighted by Crippen LogP contribution is -2.27. The molecule has 0 amide bonds. The Balaban J connectivity index is 2.92. The third-order valence-corrected chi connectivity index (χ3v) is 1.74. The second-order valence-corrected chi connectivity index (χ2v) is 2.96. The molecule has 7 heteroatoms. The average molecular weight is 217 g/mol. The highest BCUT2D eigenvalue weighted by Crippen LogP contribution is 2.10. The monoisotopic (exact) mass is 217 g/mol. The first-order chi connectivity index (χ1) is 6.91. The molecule has 1 heterocycles. The highest BCUT2D eigenvalue weighted by atomic mass is 19.1. The van der Waals surface area contributed by atoms with E-state index in [2.05, 4.69) is 15.3 Å². The molecule has 1 aromatic heterocycles. The van der Waals surface area contributed by atoms with Gasteiger partial charge >= 0.3 is 5.97 Å². The Bertz CT molecular complexity index is 374. The molecule has 0 spiro atoms. The van der Waals surface area contributed by atoms with Crippen LogP contribution in [0.4, 0.5) is 14.7 Å². The van der Waals surface area contributed by atoms with Gasteiger partial charge in [0.2, 0.25) is 17.8 Å². The second-order valence-electron chi connectivity index (χ2n) is 2.96. The van der Waals surface area contributed by atoms with Crippen LogP contribution in [-0.4, -0.2) is 27.1 Å². The van der Waals surface area contributed by atoms with E-state index in [0.29, 0.717) is 0 Å². The quantitative estimate of drug-likeness (QED) is 0.737. The topological polar surface area (TPSA) is 75.1 Å². The molecule has 1 atom stereocenters. The van der Waals surface area contributed by atoms with Gasteiger partial charge in [-0.15, -0.1) is 0 Å². The Morgan fingerprint density at radius 3 is 2.27 bits per heavy atom. The number of nitrogens with zero attached hydrogens (tertiary/aromatic N) is 2. The molecular weight excluding hydrogens is 208 g/mol. The summed E-state index contributed by atoms with van der Waals surface area (Å²) in [5, 5.41) is 10.8. The lowest BCUT2D eigenvalue weighted by atomic mass is 10.3. The molecule has 2 N–H and O–H groups in total. The largest absolute Gasteiger partial charge is 0.480 e. The number of carboxylic acids is 1. The highest BCUT2D eigenvalue weighted by Gasteiger charge is 2.15. The second kappa shape index (κ2) is 4.16. The Kier molecular flexibility index (Phi) is 3.13. The number of aliphatic carboxylic acids is 1. The fourth-order valence-corrected chi connectivity index (χ4v) is 0.784. The molecule has 0 saturated carbocycles. The van der Waals surface area contributed by atoms with Crippen molar-refractivity contribution in [1.29, 1.82) is 0 Å². The molecule has 5 nitrogen and oxygen atoms in total. The SMILES string of the molecule is Cc1c(F)nc(NC(C)C(=O)O)nc1F. The van der Waals surface area contributed by atoms with E-state index in [4.69, 9.17) is 5.11 Å². The van der Waals surface area contributed by atoms with E-state index in [1.54, 1.807) is 0 Å². The molecule has 0 aliphatic rings. The van der Waals surface area contributed by atoms with E-state index >= 15 is 0 Å². The van der Waals surface area contributed by atoms with Crippen molar-refractivity contribution in [1.82, 2.24) is 9.97 Å². The van der Waals surface area contributed by atoms with Gasteiger partial charge in [-0.05, 0) is 13.8 Å². The summed E-state index contributed by atoms with van der Waals surface area (Å²) < 4.78 is 25.8. The number of nitrogens with one attached hydrogen (secondary N) is 1. The van der Waals surface area contributed by atoms with Crippen molar-refractivity contribution in [2.45, 2.75) is 19.9 Å². The first-order valence-corrected chi connectivity index (χ1v) is 4.10. The molecule has 0 aliphatic carbocycles. The van der Waals surface area contributed by atoms with Crippen LogP contribution in [0.15, 0.2) is 0 Å². The van der Waals surface area contributed by atoms with Crippen LogP contribution in [0.5, 0.6) is 0 Å². The van der Waals surface area contributed by atoms with Crippen LogP contribution in [-0.2, 0) is 4.79 Å². The van der Waals surface area contributed by atoms with Crippen molar-refractivity contribution in [3.8, 4) is 0 Å². The molecular formula is C8H9F2N3O2. The molecule has 0 saturated heterocycles. The number of carboxylic acid groups (broad SMARTS) is 1. The van der Waals surface area contributed by atoms with Crippen molar-refractivity contribution in [2.75, 3.05) is 5.32 Å². The number of carbonyl (C=O) groups is 1. The van der Waals surface area contributed by atoms with E-state index in [1.165, 1.54) is 13.8 Å². The fourth-order valence-electron chi connectivity index (χ4n) is 0.784. The predicted octanol–water partition coefficient (Wildman–Crippen LogP) is 0.948. The molecule has 1 unspecified atom stereocenters. The van der Waals surface area contributed by atoms with E-state index in [1.807, 2.05) is 0 Å². The lowest BCUT2D eigenvalue weighted by Gasteiger charge is -2.09. The standard InChI is InChI=1S/C8H9F2N3O2/c1-3-5(9)12-8(13-6(3)10)11-4(2)7(14)15/h4H,1-2H3,(H,14,15)(H,11,12,13). The number of hydrogen-bond donors (Lipinski definition) is 2. The van der Waals surface area contributed by atoms with E-state index < -0.39 is 23.9 Å².